The summed E-state index contributed by atoms with van der Waals surface area (Å²) in [6, 6.07) is 5.33. The molecule has 0 unspecified atom stereocenters. The average Bonchev–Trinajstić information content (AvgIpc) is 2.93. The monoisotopic (exact) mass is 340 g/mol. The van der Waals surface area contributed by atoms with E-state index in [1.54, 1.807) is 25.3 Å². The standard InChI is InChI=1S/C19H20N2O4/c1-5-24-19(23)17-11(4)16-13-8-12(18(22)25-10(2)3)6-7-14(13)21-15(16)9-20-17/h6-10,21H,5H2,1-4H3. The highest BCUT2D eigenvalue weighted by Gasteiger charge is 2.18. The molecule has 0 bridgehead atoms. The maximum atomic E-state index is 12.2. The molecule has 0 fully saturated rings. The number of pyridine rings is 1. The van der Waals surface area contributed by atoms with E-state index in [1.807, 2.05) is 26.8 Å². The SMILES string of the molecule is CCOC(=O)c1ncc2[nH]c3ccc(C(=O)OC(C)C)cc3c2c1C. The van der Waals surface area contributed by atoms with E-state index in [0.717, 1.165) is 27.4 Å². The lowest BCUT2D eigenvalue weighted by Crippen LogP contribution is -2.11. The minimum Gasteiger partial charge on any atom is -0.461 e. The van der Waals surface area contributed by atoms with Crippen molar-refractivity contribution in [3.63, 3.8) is 0 Å². The smallest absolute Gasteiger partial charge is 0.357 e. The number of fused-ring (bicyclic) bond motifs is 3. The number of carbonyl (C=O) groups excluding carboxylic acids is 2. The van der Waals surface area contributed by atoms with Gasteiger partial charge in [-0.1, -0.05) is 0 Å². The predicted molar refractivity (Wildman–Crippen MR) is 94.8 cm³/mol. The molecule has 0 spiro atoms. The van der Waals surface area contributed by atoms with Crippen LogP contribution in [-0.4, -0.2) is 34.6 Å². The number of hydrogen-bond donors (Lipinski definition) is 1. The Kier molecular flexibility index (Phi) is 4.44. The number of aromatic nitrogens is 2. The van der Waals surface area contributed by atoms with Crippen molar-refractivity contribution in [1.82, 2.24) is 9.97 Å². The van der Waals surface area contributed by atoms with Gasteiger partial charge in [-0.2, -0.15) is 0 Å². The van der Waals surface area contributed by atoms with Gasteiger partial charge in [-0.25, -0.2) is 14.6 Å². The second kappa shape index (κ2) is 6.55. The minimum absolute atomic E-state index is 0.187. The Labute approximate surface area is 145 Å². The van der Waals surface area contributed by atoms with E-state index in [1.165, 1.54) is 0 Å². The first-order valence-corrected chi connectivity index (χ1v) is 8.21. The molecule has 0 aliphatic carbocycles. The van der Waals surface area contributed by atoms with Crippen molar-refractivity contribution in [3.05, 3.63) is 41.2 Å². The number of hydrogen-bond acceptors (Lipinski definition) is 5. The van der Waals surface area contributed by atoms with E-state index in [0.29, 0.717) is 5.56 Å². The summed E-state index contributed by atoms with van der Waals surface area (Å²) in [7, 11) is 0. The summed E-state index contributed by atoms with van der Waals surface area (Å²) in [6.07, 6.45) is 1.42. The topological polar surface area (TPSA) is 81.3 Å². The van der Waals surface area contributed by atoms with Crippen molar-refractivity contribution < 1.29 is 19.1 Å². The maximum absolute atomic E-state index is 12.2. The zero-order valence-electron chi connectivity index (χ0n) is 14.7. The molecule has 0 aliphatic rings. The quantitative estimate of drug-likeness (QED) is 0.731. The Morgan fingerprint density at radius 2 is 1.96 bits per heavy atom. The van der Waals surface area contributed by atoms with Crippen LogP contribution in [0, 0.1) is 6.92 Å². The Morgan fingerprint density at radius 3 is 2.64 bits per heavy atom. The first kappa shape index (κ1) is 17.0. The third kappa shape index (κ3) is 3.07. The number of carbonyl (C=O) groups is 2. The highest BCUT2D eigenvalue weighted by Crippen LogP contribution is 2.30. The Hall–Kier alpha value is -2.89. The van der Waals surface area contributed by atoms with Crippen LogP contribution < -0.4 is 0 Å². The molecule has 0 amide bonds. The molecule has 0 aliphatic heterocycles. The Morgan fingerprint density at radius 1 is 1.20 bits per heavy atom. The van der Waals surface area contributed by atoms with Crippen LogP contribution >= 0.6 is 0 Å². The van der Waals surface area contributed by atoms with Crippen LogP contribution in [0.15, 0.2) is 24.4 Å². The summed E-state index contributed by atoms with van der Waals surface area (Å²) >= 11 is 0. The summed E-state index contributed by atoms with van der Waals surface area (Å²) in [4.78, 5) is 31.8. The largest absolute Gasteiger partial charge is 0.461 e. The van der Waals surface area contributed by atoms with Gasteiger partial charge >= 0.3 is 11.9 Å². The molecule has 1 N–H and O–H groups in total. The highest BCUT2D eigenvalue weighted by atomic mass is 16.5. The fourth-order valence-corrected chi connectivity index (χ4v) is 2.87. The zero-order chi connectivity index (χ0) is 18.1. The van der Waals surface area contributed by atoms with Gasteiger partial charge in [-0.05, 0) is 51.5 Å². The van der Waals surface area contributed by atoms with E-state index in [2.05, 4.69) is 9.97 Å². The minimum atomic E-state index is -0.452. The fraction of sp³-hybridized carbons (Fsp3) is 0.316. The fourth-order valence-electron chi connectivity index (χ4n) is 2.87. The molecular weight excluding hydrogens is 320 g/mol. The Balaban J connectivity index is 2.17. The molecule has 0 saturated carbocycles. The summed E-state index contributed by atoms with van der Waals surface area (Å²) in [5.41, 5.74) is 3.13. The highest BCUT2D eigenvalue weighted by molar-refractivity contribution is 6.12. The van der Waals surface area contributed by atoms with Crippen LogP contribution in [0.3, 0.4) is 0 Å². The van der Waals surface area contributed by atoms with Gasteiger partial charge < -0.3 is 14.5 Å². The summed E-state index contributed by atoms with van der Waals surface area (Å²) < 4.78 is 10.3. The second-order valence-electron chi connectivity index (χ2n) is 6.08. The lowest BCUT2D eigenvalue weighted by Gasteiger charge is -2.08. The molecule has 3 rings (SSSR count). The molecule has 0 radical (unpaired) electrons. The number of aryl methyl sites for hydroxylation is 1. The van der Waals surface area contributed by atoms with Crippen molar-refractivity contribution in [2.75, 3.05) is 6.61 Å². The van der Waals surface area contributed by atoms with Crippen LogP contribution in [0.1, 0.15) is 47.2 Å². The van der Waals surface area contributed by atoms with E-state index >= 15 is 0 Å². The van der Waals surface area contributed by atoms with E-state index in [4.69, 9.17) is 9.47 Å². The van der Waals surface area contributed by atoms with Crippen LogP contribution in [0.4, 0.5) is 0 Å². The van der Waals surface area contributed by atoms with Crippen LogP contribution in [0.25, 0.3) is 21.8 Å². The first-order chi connectivity index (χ1) is 11.9. The number of nitrogens with zero attached hydrogens (tertiary/aromatic N) is 1. The summed E-state index contributed by atoms with van der Waals surface area (Å²) in [5.74, 6) is -0.824. The number of ether oxygens (including phenoxy) is 2. The average molecular weight is 340 g/mol. The second-order valence-corrected chi connectivity index (χ2v) is 6.08. The van der Waals surface area contributed by atoms with Crippen molar-refractivity contribution in [2.45, 2.75) is 33.8 Å². The lowest BCUT2D eigenvalue weighted by molar-refractivity contribution is 0.0377. The molecule has 2 aromatic heterocycles. The van der Waals surface area contributed by atoms with E-state index < -0.39 is 5.97 Å². The van der Waals surface area contributed by atoms with Crippen LogP contribution in [-0.2, 0) is 9.47 Å². The number of aromatic amines is 1. The summed E-state index contributed by atoms with van der Waals surface area (Å²) in [5, 5.41) is 1.70. The number of rotatable bonds is 4. The van der Waals surface area contributed by atoms with Crippen LogP contribution in [0.2, 0.25) is 0 Å². The van der Waals surface area contributed by atoms with Gasteiger partial charge in [0.25, 0.3) is 0 Å². The molecule has 6 nitrogen and oxygen atoms in total. The molecule has 2 heterocycles. The van der Waals surface area contributed by atoms with Gasteiger partial charge in [0.2, 0.25) is 0 Å². The number of benzene rings is 1. The lowest BCUT2D eigenvalue weighted by atomic mass is 10.0. The van der Waals surface area contributed by atoms with Gasteiger partial charge in [-0.3, -0.25) is 0 Å². The third-order valence-electron chi connectivity index (χ3n) is 3.93. The van der Waals surface area contributed by atoms with Gasteiger partial charge in [0.15, 0.2) is 5.69 Å². The van der Waals surface area contributed by atoms with Crippen molar-refractivity contribution >= 4 is 33.7 Å². The molecule has 130 valence electrons. The van der Waals surface area contributed by atoms with E-state index in [-0.39, 0.29) is 24.4 Å². The third-order valence-corrected chi connectivity index (χ3v) is 3.93. The van der Waals surface area contributed by atoms with Gasteiger partial charge in [-0.15, -0.1) is 0 Å². The molecule has 3 aromatic rings. The van der Waals surface area contributed by atoms with Gasteiger partial charge in [0.05, 0.1) is 30.0 Å². The maximum Gasteiger partial charge on any atom is 0.357 e. The summed E-state index contributed by atoms with van der Waals surface area (Å²) in [6.45, 7) is 7.49. The molecule has 0 saturated heterocycles. The molecule has 6 heteroatoms. The van der Waals surface area contributed by atoms with Crippen molar-refractivity contribution in [1.29, 1.82) is 0 Å². The number of esters is 2. The number of nitrogens with one attached hydrogen (secondary N) is 1. The first-order valence-electron chi connectivity index (χ1n) is 8.21. The molecule has 0 atom stereocenters. The van der Waals surface area contributed by atoms with Gasteiger partial charge in [0, 0.05) is 16.3 Å². The zero-order valence-corrected chi connectivity index (χ0v) is 14.7. The molecular formula is C19H20N2O4. The Bertz CT molecular complexity index is 972. The normalized spacial score (nSPS) is 11.2. The predicted octanol–water partition coefficient (Wildman–Crippen LogP) is 3.77. The van der Waals surface area contributed by atoms with Crippen molar-refractivity contribution in [2.24, 2.45) is 0 Å². The van der Waals surface area contributed by atoms with Crippen molar-refractivity contribution in [3.8, 4) is 0 Å². The van der Waals surface area contributed by atoms with Gasteiger partial charge in [0.1, 0.15) is 0 Å². The number of H-pyrrole nitrogens is 1. The van der Waals surface area contributed by atoms with Crippen LogP contribution in [0.5, 0.6) is 0 Å². The molecule has 25 heavy (non-hydrogen) atoms. The van der Waals surface area contributed by atoms with E-state index in [9.17, 15) is 9.59 Å². The molecule has 1 aromatic carbocycles.